The number of hydrogen-bond acceptors (Lipinski definition) is 4. The summed E-state index contributed by atoms with van der Waals surface area (Å²) >= 11 is 0. The largest absolute Gasteiger partial charge is 0.496 e. The number of benzene rings is 2. The maximum absolute atomic E-state index is 12.9. The minimum Gasteiger partial charge on any atom is -0.496 e. The summed E-state index contributed by atoms with van der Waals surface area (Å²) in [7, 11) is 5.55. The van der Waals surface area contributed by atoms with Gasteiger partial charge in [-0.3, -0.25) is 9.59 Å². The van der Waals surface area contributed by atoms with Crippen LogP contribution in [0.1, 0.15) is 35.8 Å². The number of likely N-dealkylation sites (N-methyl/N-ethyl adjacent to an activating group) is 1. The van der Waals surface area contributed by atoms with Gasteiger partial charge in [0.1, 0.15) is 11.8 Å². The van der Waals surface area contributed by atoms with E-state index < -0.39 is 6.04 Å². The third kappa shape index (κ3) is 6.06. The van der Waals surface area contributed by atoms with E-state index in [2.05, 4.69) is 10.6 Å². The summed E-state index contributed by atoms with van der Waals surface area (Å²) in [5.74, 6) is 0.268. The number of amides is 2. The van der Waals surface area contributed by atoms with E-state index in [1.807, 2.05) is 63.2 Å². The third-order valence-electron chi connectivity index (χ3n) is 4.86. The van der Waals surface area contributed by atoms with Crippen LogP contribution in [0.25, 0.3) is 0 Å². The number of para-hydroxylation sites is 1. The molecule has 2 amide bonds. The summed E-state index contributed by atoms with van der Waals surface area (Å²) in [5.41, 5.74) is 1.53. The number of carbonyl (C=O) groups is 2. The number of carbonyl (C=O) groups excluding carboxylic acids is 2. The molecule has 6 nitrogen and oxygen atoms in total. The predicted octanol–water partition coefficient (Wildman–Crippen LogP) is 2.87. The van der Waals surface area contributed by atoms with Gasteiger partial charge >= 0.3 is 0 Å². The zero-order valence-electron chi connectivity index (χ0n) is 17.8. The molecule has 0 spiro atoms. The molecule has 0 aliphatic carbocycles. The second kappa shape index (κ2) is 10.6. The van der Waals surface area contributed by atoms with E-state index >= 15 is 0 Å². The molecule has 0 bridgehead atoms. The molecule has 156 valence electrons. The van der Waals surface area contributed by atoms with Crippen LogP contribution in [0.3, 0.4) is 0 Å². The number of rotatable bonds is 9. The lowest BCUT2D eigenvalue weighted by Crippen LogP contribution is -2.51. The minimum absolute atomic E-state index is 0.0493. The predicted molar refractivity (Wildman–Crippen MR) is 115 cm³/mol. The number of hydrogen-bond donors (Lipinski definition) is 2. The summed E-state index contributed by atoms with van der Waals surface area (Å²) in [6.45, 7) is 4.23. The zero-order chi connectivity index (χ0) is 21.4. The average molecular weight is 398 g/mol. The summed E-state index contributed by atoms with van der Waals surface area (Å²) in [5, 5.41) is 5.86. The van der Waals surface area contributed by atoms with E-state index in [0.717, 1.165) is 11.3 Å². The quantitative estimate of drug-likeness (QED) is 0.683. The van der Waals surface area contributed by atoms with Gasteiger partial charge in [-0.05, 0) is 38.2 Å². The van der Waals surface area contributed by atoms with Crippen LogP contribution < -0.4 is 15.4 Å². The van der Waals surface area contributed by atoms with Crippen LogP contribution >= 0.6 is 0 Å². The first-order valence-electron chi connectivity index (χ1n) is 9.78. The molecule has 2 atom stereocenters. The van der Waals surface area contributed by atoms with E-state index in [4.69, 9.17) is 4.74 Å². The SMILES string of the molecule is COc1ccccc1C(CNC(=O)C(NC(=O)c1ccccc1)C(C)C)N(C)C. The smallest absolute Gasteiger partial charge is 0.251 e. The third-order valence-corrected chi connectivity index (χ3v) is 4.86. The molecule has 0 aliphatic rings. The maximum atomic E-state index is 12.9. The molecule has 6 heteroatoms. The highest BCUT2D eigenvalue weighted by Gasteiger charge is 2.26. The van der Waals surface area contributed by atoms with Crippen molar-refractivity contribution < 1.29 is 14.3 Å². The minimum atomic E-state index is -0.622. The van der Waals surface area contributed by atoms with Crippen LogP contribution in [-0.4, -0.2) is 50.5 Å². The summed E-state index contributed by atoms with van der Waals surface area (Å²) in [6.07, 6.45) is 0. The molecule has 2 aromatic carbocycles. The van der Waals surface area contributed by atoms with Gasteiger partial charge in [0.15, 0.2) is 0 Å². The first kappa shape index (κ1) is 22.4. The molecular weight excluding hydrogens is 366 g/mol. The fourth-order valence-corrected chi connectivity index (χ4v) is 3.17. The molecule has 2 aromatic rings. The van der Waals surface area contributed by atoms with Gasteiger partial charge in [0, 0.05) is 17.7 Å². The molecule has 0 aliphatic heterocycles. The van der Waals surface area contributed by atoms with Crippen molar-refractivity contribution in [2.45, 2.75) is 25.9 Å². The Balaban J connectivity index is 2.09. The molecule has 0 radical (unpaired) electrons. The van der Waals surface area contributed by atoms with Crippen molar-refractivity contribution in [1.29, 1.82) is 0 Å². The molecule has 2 rings (SSSR count). The molecule has 2 unspecified atom stereocenters. The van der Waals surface area contributed by atoms with E-state index in [0.29, 0.717) is 12.1 Å². The topological polar surface area (TPSA) is 70.7 Å². The van der Waals surface area contributed by atoms with Crippen LogP contribution in [0.2, 0.25) is 0 Å². The molecule has 0 fully saturated rings. The molecule has 29 heavy (non-hydrogen) atoms. The van der Waals surface area contributed by atoms with Crippen LogP contribution in [0, 0.1) is 5.92 Å². The molecule has 0 saturated heterocycles. The van der Waals surface area contributed by atoms with E-state index in [-0.39, 0.29) is 23.8 Å². The van der Waals surface area contributed by atoms with E-state index in [9.17, 15) is 9.59 Å². The molecule has 0 aromatic heterocycles. The number of methoxy groups -OCH3 is 1. The summed E-state index contributed by atoms with van der Waals surface area (Å²) in [4.78, 5) is 27.4. The van der Waals surface area contributed by atoms with Crippen molar-refractivity contribution in [3.63, 3.8) is 0 Å². The fourth-order valence-electron chi connectivity index (χ4n) is 3.17. The van der Waals surface area contributed by atoms with Crippen molar-refractivity contribution in [2.24, 2.45) is 5.92 Å². The van der Waals surface area contributed by atoms with Gasteiger partial charge in [0.25, 0.3) is 5.91 Å². The van der Waals surface area contributed by atoms with Gasteiger partial charge in [-0.15, -0.1) is 0 Å². The molecular formula is C23H31N3O3. The lowest BCUT2D eigenvalue weighted by atomic mass is 10.0. The molecule has 2 N–H and O–H groups in total. The first-order chi connectivity index (χ1) is 13.8. The number of ether oxygens (including phenoxy) is 1. The Bertz CT molecular complexity index is 806. The van der Waals surface area contributed by atoms with Gasteiger partial charge in [0.2, 0.25) is 5.91 Å². The number of nitrogens with one attached hydrogen (secondary N) is 2. The highest BCUT2D eigenvalue weighted by atomic mass is 16.5. The maximum Gasteiger partial charge on any atom is 0.251 e. The Labute approximate surface area is 173 Å². The van der Waals surface area contributed by atoms with Gasteiger partial charge < -0.3 is 20.3 Å². The lowest BCUT2D eigenvalue weighted by molar-refractivity contribution is -0.124. The normalized spacial score (nSPS) is 13.1. The summed E-state index contributed by atoms with van der Waals surface area (Å²) < 4.78 is 5.47. The Hall–Kier alpha value is -2.86. The fraction of sp³-hybridized carbons (Fsp3) is 0.391. The second-order valence-corrected chi connectivity index (χ2v) is 7.53. The van der Waals surface area contributed by atoms with Crippen molar-refractivity contribution in [3.05, 3.63) is 65.7 Å². The van der Waals surface area contributed by atoms with Crippen LogP contribution in [0.15, 0.2) is 54.6 Å². The Morgan fingerprint density at radius 3 is 2.21 bits per heavy atom. The van der Waals surface area contributed by atoms with E-state index in [1.165, 1.54) is 0 Å². The van der Waals surface area contributed by atoms with Crippen LogP contribution in [0.4, 0.5) is 0 Å². The van der Waals surface area contributed by atoms with E-state index in [1.54, 1.807) is 31.4 Å². The van der Waals surface area contributed by atoms with Crippen LogP contribution in [0.5, 0.6) is 5.75 Å². The van der Waals surface area contributed by atoms with Crippen molar-refractivity contribution >= 4 is 11.8 Å². The standard InChI is InChI=1S/C23H31N3O3/c1-16(2)21(25-22(27)17-11-7-6-8-12-17)23(28)24-15-19(26(3)4)18-13-9-10-14-20(18)29-5/h6-14,16,19,21H,15H2,1-5H3,(H,24,28)(H,25,27). The monoisotopic (exact) mass is 397 g/mol. The van der Waals surface area contributed by atoms with Crippen molar-refractivity contribution in [2.75, 3.05) is 27.7 Å². The first-order valence-corrected chi connectivity index (χ1v) is 9.78. The van der Waals surface area contributed by atoms with Gasteiger partial charge in [-0.25, -0.2) is 0 Å². The zero-order valence-corrected chi connectivity index (χ0v) is 17.8. The average Bonchev–Trinajstić information content (AvgIpc) is 2.72. The Morgan fingerprint density at radius 1 is 1.00 bits per heavy atom. The molecule has 0 heterocycles. The highest BCUT2D eigenvalue weighted by Crippen LogP contribution is 2.27. The second-order valence-electron chi connectivity index (χ2n) is 7.53. The Morgan fingerprint density at radius 2 is 1.62 bits per heavy atom. The van der Waals surface area contributed by atoms with Crippen LogP contribution in [-0.2, 0) is 4.79 Å². The Kier molecular flexibility index (Phi) is 8.21. The van der Waals surface area contributed by atoms with Gasteiger partial charge in [0.05, 0.1) is 13.2 Å². The van der Waals surface area contributed by atoms with Gasteiger partial charge in [-0.2, -0.15) is 0 Å². The van der Waals surface area contributed by atoms with Gasteiger partial charge in [-0.1, -0.05) is 50.2 Å². The summed E-state index contributed by atoms with van der Waals surface area (Å²) in [6, 6.07) is 16.0. The molecule has 0 saturated carbocycles. The highest BCUT2D eigenvalue weighted by molar-refractivity contribution is 5.97. The number of nitrogens with zero attached hydrogens (tertiary/aromatic N) is 1. The lowest BCUT2D eigenvalue weighted by Gasteiger charge is -2.28. The van der Waals surface area contributed by atoms with Crippen molar-refractivity contribution in [1.82, 2.24) is 15.5 Å². The van der Waals surface area contributed by atoms with Crippen molar-refractivity contribution in [3.8, 4) is 5.75 Å².